The van der Waals surface area contributed by atoms with Crippen LogP contribution in [0.5, 0.6) is 5.75 Å². The van der Waals surface area contributed by atoms with Crippen LogP contribution in [-0.2, 0) is 0 Å². The van der Waals surface area contributed by atoms with Crippen LogP contribution >= 0.6 is 0 Å². The molecule has 4 nitrogen and oxygen atoms in total. The number of rotatable bonds is 9. The number of anilines is 1. The predicted molar refractivity (Wildman–Crippen MR) is 87.7 cm³/mol. The summed E-state index contributed by atoms with van der Waals surface area (Å²) in [6.07, 6.45) is 5.95. The van der Waals surface area contributed by atoms with Gasteiger partial charge in [-0.3, -0.25) is 4.79 Å². The first-order valence-electron chi connectivity index (χ1n) is 7.76. The molecule has 0 bridgehead atoms. The molecule has 0 heterocycles. The summed E-state index contributed by atoms with van der Waals surface area (Å²) in [5, 5.41) is 2.92. The summed E-state index contributed by atoms with van der Waals surface area (Å²) in [6, 6.07) is 5.12. The minimum absolute atomic E-state index is 0.131. The molecule has 0 aromatic heterocycles. The fourth-order valence-electron chi connectivity index (χ4n) is 2.19. The minimum atomic E-state index is -0.131. The molecule has 0 radical (unpaired) electrons. The van der Waals surface area contributed by atoms with E-state index in [-0.39, 0.29) is 5.91 Å². The molecule has 0 unspecified atom stereocenters. The number of nitrogen functional groups attached to an aromatic ring is 1. The van der Waals surface area contributed by atoms with Crippen molar-refractivity contribution in [2.45, 2.75) is 46.0 Å². The highest BCUT2D eigenvalue weighted by molar-refractivity contribution is 5.99. The molecule has 4 heteroatoms. The van der Waals surface area contributed by atoms with E-state index in [9.17, 15) is 4.79 Å². The average Bonchev–Trinajstić information content (AvgIpc) is 2.46. The van der Waals surface area contributed by atoms with Crippen LogP contribution in [0.3, 0.4) is 0 Å². The normalized spacial score (nSPS) is 10.7. The van der Waals surface area contributed by atoms with E-state index >= 15 is 0 Å². The van der Waals surface area contributed by atoms with Crippen molar-refractivity contribution in [3.63, 3.8) is 0 Å². The second-order valence-electron chi connectivity index (χ2n) is 5.81. The summed E-state index contributed by atoms with van der Waals surface area (Å²) in [5.41, 5.74) is 6.78. The number of hydrogen-bond donors (Lipinski definition) is 2. The summed E-state index contributed by atoms with van der Waals surface area (Å²) in [6.45, 7) is 5.19. The molecule has 1 rings (SSSR count). The number of nitrogens with one attached hydrogen (secondary N) is 1. The maximum absolute atomic E-state index is 12.1. The minimum Gasteiger partial charge on any atom is -0.497 e. The summed E-state index contributed by atoms with van der Waals surface area (Å²) in [5.74, 6) is 1.29. The lowest BCUT2D eigenvalue weighted by molar-refractivity contribution is 0.0953. The zero-order valence-corrected chi connectivity index (χ0v) is 13.4. The Bertz CT molecular complexity index is 444. The molecule has 1 aromatic carbocycles. The Morgan fingerprint density at radius 3 is 2.62 bits per heavy atom. The van der Waals surface area contributed by atoms with Crippen LogP contribution in [0.2, 0.25) is 0 Å². The van der Waals surface area contributed by atoms with Crippen molar-refractivity contribution in [2.75, 3.05) is 19.4 Å². The van der Waals surface area contributed by atoms with E-state index < -0.39 is 0 Å². The summed E-state index contributed by atoms with van der Waals surface area (Å²) >= 11 is 0. The highest BCUT2D eigenvalue weighted by Gasteiger charge is 2.10. The van der Waals surface area contributed by atoms with Crippen LogP contribution in [0.4, 0.5) is 5.69 Å². The standard InChI is InChI=1S/C17H28N2O2/c1-13(2)8-6-4-5-7-11-19-17(20)15-12-14(21-3)9-10-16(15)18/h9-10,12-13H,4-8,11,18H2,1-3H3,(H,19,20). The first-order chi connectivity index (χ1) is 10.0. The number of benzene rings is 1. The Morgan fingerprint density at radius 2 is 1.95 bits per heavy atom. The molecule has 118 valence electrons. The summed E-state index contributed by atoms with van der Waals surface area (Å²) in [7, 11) is 1.57. The van der Waals surface area contributed by atoms with Crippen molar-refractivity contribution < 1.29 is 9.53 Å². The van der Waals surface area contributed by atoms with Crippen LogP contribution in [0.25, 0.3) is 0 Å². The van der Waals surface area contributed by atoms with Gasteiger partial charge in [0.25, 0.3) is 5.91 Å². The van der Waals surface area contributed by atoms with Gasteiger partial charge in [0.2, 0.25) is 0 Å². The van der Waals surface area contributed by atoms with Gasteiger partial charge < -0.3 is 15.8 Å². The smallest absolute Gasteiger partial charge is 0.253 e. The molecule has 1 amide bonds. The second kappa shape index (κ2) is 9.27. The number of ether oxygens (including phenoxy) is 1. The molecule has 0 saturated carbocycles. The first kappa shape index (κ1) is 17.3. The molecule has 0 atom stereocenters. The van der Waals surface area contributed by atoms with Crippen molar-refractivity contribution in [2.24, 2.45) is 5.92 Å². The number of amides is 1. The number of carbonyl (C=O) groups is 1. The highest BCUT2D eigenvalue weighted by atomic mass is 16.5. The Hall–Kier alpha value is -1.71. The van der Waals surface area contributed by atoms with Gasteiger partial charge in [0.05, 0.1) is 12.7 Å². The van der Waals surface area contributed by atoms with Crippen LogP contribution in [-0.4, -0.2) is 19.6 Å². The van der Waals surface area contributed by atoms with E-state index in [1.165, 1.54) is 19.3 Å². The molecular weight excluding hydrogens is 264 g/mol. The van der Waals surface area contributed by atoms with Crippen molar-refractivity contribution in [3.8, 4) is 5.75 Å². The maximum Gasteiger partial charge on any atom is 0.253 e. The van der Waals surface area contributed by atoms with Gasteiger partial charge in [-0.15, -0.1) is 0 Å². The number of hydrogen-bond acceptors (Lipinski definition) is 3. The number of carbonyl (C=O) groups excluding carboxylic acids is 1. The molecule has 0 spiro atoms. The molecule has 0 aliphatic heterocycles. The van der Waals surface area contributed by atoms with E-state index in [1.807, 2.05) is 0 Å². The SMILES string of the molecule is COc1ccc(N)c(C(=O)NCCCCCCC(C)C)c1. The monoisotopic (exact) mass is 292 g/mol. The highest BCUT2D eigenvalue weighted by Crippen LogP contribution is 2.19. The second-order valence-corrected chi connectivity index (χ2v) is 5.81. The van der Waals surface area contributed by atoms with Crippen LogP contribution in [0.15, 0.2) is 18.2 Å². The molecule has 21 heavy (non-hydrogen) atoms. The van der Waals surface area contributed by atoms with Crippen molar-refractivity contribution in [1.82, 2.24) is 5.32 Å². The van der Waals surface area contributed by atoms with Gasteiger partial charge in [-0.25, -0.2) is 0 Å². The van der Waals surface area contributed by atoms with Gasteiger partial charge in [-0.1, -0.05) is 39.5 Å². The van der Waals surface area contributed by atoms with Gasteiger partial charge in [0.15, 0.2) is 0 Å². The maximum atomic E-state index is 12.1. The van der Waals surface area contributed by atoms with Crippen LogP contribution in [0, 0.1) is 5.92 Å². The van der Waals surface area contributed by atoms with Crippen molar-refractivity contribution in [1.29, 1.82) is 0 Å². The predicted octanol–water partition coefficient (Wildman–Crippen LogP) is 3.61. The van der Waals surface area contributed by atoms with E-state index in [4.69, 9.17) is 10.5 Å². The van der Waals surface area contributed by atoms with E-state index in [0.29, 0.717) is 23.5 Å². The summed E-state index contributed by atoms with van der Waals surface area (Å²) in [4.78, 5) is 12.1. The fraction of sp³-hybridized carbons (Fsp3) is 0.588. The number of unbranched alkanes of at least 4 members (excludes halogenated alkanes) is 3. The fourth-order valence-corrected chi connectivity index (χ4v) is 2.19. The van der Waals surface area contributed by atoms with Gasteiger partial charge in [-0.05, 0) is 30.5 Å². The molecule has 0 saturated heterocycles. The first-order valence-corrected chi connectivity index (χ1v) is 7.76. The van der Waals surface area contributed by atoms with Crippen LogP contribution in [0.1, 0.15) is 56.3 Å². The molecular formula is C17H28N2O2. The van der Waals surface area contributed by atoms with Gasteiger partial charge in [-0.2, -0.15) is 0 Å². The van der Waals surface area contributed by atoms with Crippen LogP contribution < -0.4 is 15.8 Å². The third kappa shape index (κ3) is 6.52. The van der Waals surface area contributed by atoms with E-state index in [1.54, 1.807) is 25.3 Å². The molecule has 3 N–H and O–H groups in total. The molecule has 0 aliphatic carbocycles. The quantitative estimate of drug-likeness (QED) is 0.540. The van der Waals surface area contributed by atoms with E-state index in [0.717, 1.165) is 18.8 Å². The average molecular weight is 292 g/mol. The topological polar surface area (TPSA) is 64.3 Å². The molecule has 1 aromatic rings. The Kier molecular flexibility index (Phi) is 7.65. The third-order valence-electron chi connectivity index (χ3n) is 3.50. The summed E-state index contributed by atoms with van der Waals surface area (Å²) < 4.78 is 5.11. The van der Waals surface area contributed by atoms with Crippen molar-refractivity contribution >= 4 is 11.6 Å². The lowest BCUT2D eigenvalue weighted by Gasteiger charge is -2.09. The Morgan fingerprint density at radius 1 is 1.24 bits per heavy atom. The Balaban J connectivity index is 2.28. The lowest BCUT2D eigenvalue weighted by Crippen LogP contribution is -2.25. The lowest BCUT2D eigenvalue weighted by atomic mass is 10.0. The largest absolute Gasteiger partial charge is 0.497 e. The third-order valence-corrected chi connectivity index (χ3v) is 3.50. The zero-order valence-electron chi connectivity index (χ0n) is 13.4. The molecule has 0 fully saturated rings. The Labute approximate surface area is 128 Å². The number of nitrogens with two attached hydrogens (primary N) is 1. The van der Waals surface area contributed by atoms with Gasteiger partial charge in [0, 0.05) is 12.2 Å². The molecule has 0 aliphatic rings. The van der Waals surface area contributed by atoms with Gasteiger partial charge >= 0.3 is 0 Å². The van der Waals surface area contributed by atoms with Gasteiger partial charge in [0.1, 0.15) is 5.75 Å². The zero-order chi connectivity index (χ0) is 15.7. The van der Waals surface area contributed by atoms with Crippen molar-refractivity contribution in [3.05, 3.63) is 23.8 Å². The number of methoxy groups -OCH3 is 1. The van der Waals surface area contributed by atoms with E-state index in [2.05, 4.69) is 19.2 Å².